The van der Waals surface area contributed by atoms with Crippen LogP contribution in [-0.4, -0.2) is 92.6 Å². The summed E-state index contributed by atoms with van der Waals surface area (Å²) in [5.74, 6) is -1.30. The summed E-state index contributed by atoms with van der Waals surface area (Å²) in [7, 11) is -1.54. The number of carbonyl (C=O) groups is 3. The van der Waals surface area contributed by atoms with Gasteiger partial charge in [-0.2, -0.15) is 8.42 Å². The first kappa shape index (κ1) is 30.0. The van der Waals surface area contributed by atoms with Gasteiger partial charge < -0.3 is 25.7 Å². The monoisotopic (exact) mass is 570 g/mol. The smallest absolute Gasteiger partial charge is 0.394 e. The molecule has 1 aromatic carbocycles. The van der Waals surface area contributed by atoms with Crippen molar-refractivity contribution in [3.8, 4) is 5.75 Å². The number of anilines is 1. The van der Waals surface area contributed by atoms with E-state index in [9.17, 15) is 34.8 Å². The van der Waals surface area contributed by atoms with Crippen LogP contribution in [0.15, 0.2) is 29.0 Å². The first-order chi connectivity index (χ1) is 18.0. The fourth-order valence-corrected chi connectivity index (χ4v) is 5.65. The predicted octanol–water partition coefficient (Wildman–Crippen LogP) is -0.752. The van der Waals surface area contributed by atoms with E-state index in [1.165, 1.54) is 11.0 Å². The van der Waals surface area contributed by atoms with E-state index in [0.29, 0.717) is 17.8 Å². The Morgan fingerprint density at radius 3 is 2.28 bits per heavy atom. The number of amides is 1. The van der Waals surface area contributed by atoms with E-state index in [4.69, 9.17) is 23.4 Å². The number of nitrogens with two attached hydrogens (primary N) is 1. The molecule has 2 unspecified atom stereocenters. The van der Waals surface area contributed by atoms with Crippen molar-refractivity contribution in [3.63, 3.8) is 0 Å². The maximum absolute atomic E-state index is 13.7. The lowest BCUT2D eigenvalue weighted by molar-refractivity contribution is -0.153. The summed E-state index contributed by atoms with van der Waals surface area (Å²) >= 11 is 0. The molecule has 1 aromatic rings. The second kappa shape index (κ2) is 10.6. The third-order valence-corrected chi connectivity index (χ3v) is 7.08. The maximum atomic E-state index is 13.7. The van der Waals surface area contributed by atoms with Crippen LogP contribution in [0.1, 0.15) is 24.5 Å². The molecule has 3 aliphatic rings. The van der Waals surface area contributed by atoms with Gasteiger partial charge in [-0.15, -0.1) is 0 Å². The Hall–Kier alpha value is -3.54. The van der Waals surface area contributed by atoms with Gasteiger partial charge in [0.2, 0.25) is 5.78 Å². The molecule has 0 aliphatic heterocycles. The number of carbonyl (C=O) groups excluding carboxylic acids is 3. The summed E-state index contributed by atoms with van der Waals surface area (Å²) in [4.78, 5) is 40.7. The van der Waals surface area contributed by atoms with Crippen molar-refractivity contribution in [2.45, 2.75) is 31.4 Å². The molecule has 0 spiro atoms. The standard InChI is InChI=1S/C23H28N4O7.H2O4S/c1-4-25-12-5-6-13(28)15-10(12)7-9-8-11-17(27(2)3)19(30)16(22(33)26-24)21(32)23(11,34)20(31)14(9)18(15)29;1-5(2,3)4/h5-6,9,11,17,25,28-29,32,34H,4,7-8,24H2,1-3H3,(H,26,33);(H2,1,2,3,4)/t9?,11?,17-,23-;/m0./s1. The third-order valence-electron chi connectivity index (χ3n) is 7.08. The highest BCUT2D eigenvalue weighted by molar-refractivity contribution is 7.79. The number of nitrogens with one attached hydrogen (secondary N) is 2. The average molecular weight is 571 g/mol. The van der Waals surface area contributed by atoms with Gasteiger partial charge in [-0.1, -0.05) is 0 Å². The largest absolute Gasteiger partial charge is 0.508 e. The molecule has 15 nitrogen and oxygen atoms in total. The molecule has 1 fully saturated rings. The van der Waals surface area contributed by atoms with Crippen LogP contribution in [0, 0.1) is 11.8 Å². The molecule has 0 heterocycles. The van der Waals surface area contributed by atoms with E-state index in [2.05, 4.69) is 5.32 Å². The molecular formula is C23H30N4O11S. The second-order valence-electron chi connectivity index (χ2n) is 9.53. The second-order valence-corrected chi connectivity index (χ2v) is 10.4. The van der Waals surface area contributed by atoms with Gasteiger partial charge in [0.05, 0.1) is 11.6 Å². The van der Waals surface area contributed by atoms with Crippen LogP contribution in [0.5, 0.6) is 5.75 Å². The van der Waals surface area contributed by atoms with Gasteiger partial charge in [-0.05, 0) is 57.5 Å². The maximum Gasteiger partial charge on any atom is 0.394 e. The van der Waals surface area contributed by atoms with Crippen LogP contribution in [0.3, 0.4) is 0 Å². The molecule has 0 radical (unpaired) electrons. The number of hydrazine groups is 1. The number of rotatable bonds is 4. The quantitative estimate of drug-likeness (QED) is 0.0539. The number of nitrogens with zero attached hydrogens (tertiary/aromatic N) is 1. The molecule has 0 saturated heterocycles. The number of phenols is 1. The van der Waals surface area contributed by atoms with Crippen LogP contribution >= 0.6 is 0 Å². The molecule has 1 saturated carbocycles. The summed E-state index contributed by atoms with van der Waals surface area (Å²) in [5.41, 5.74) is -0.485. The lowest BCUT2D eigenvalue weighted by Crippen LogP contribution is -2.66. The van der Waals surface area contributed by atoms with E-state index in [1.807, 2.05) is 6.92 Å². The summed E-state index contributed by atoms with van der Waals surface area (Å²) in [5, 5.41) is 47.3. The van der Waals surface area contributed by atoms with Gasteiger partial charge in [0, 0.05) is 23.7 Å². The number of aliphatic hydroxyl groups excluding tert-OH is 2. The van der Waals surface area contributed by atoms with Crippen molar-refractivity contribution >= 4 is 39.3 Å². The van der Waals surface area contributed by atoms with E-state index in [1.54, 1.807) is 25.6 Å². The van der Waals surface area contributed by atoms with Crippen LogP contribution < -0.4 is 16.6 Å². The van der Waals surface area contributed by atoms with Crippen LogP contribution in [0.25, 0.3) is 5.76 Å². The Morgan fingerprint density at radius 1 is 1.18 bits per heavy atom. The van der Waals surface area contributed by atoms with Crippen molar-refractivity contribution in [1.82, 2.24) is 10.3 Å². The Morgan fingerprint density at radius 2 is 1.77 bits per heavy atom. The zero-order chi connectivity index (χ0) is 29.6. The molecule has 0 aromatic heterocycles. The minimum atomic E-state index is -4.67. The van der Waals surface area contributed by atoms with Gasteiger partial charge in [0.15, 0.2) is 11.4 Å². The molecule has 4 atom stereocenters. The van der Waals surface area contributed by atoms with Gasteiger partial charge in [-0.3, -0.25) is 33.8 Å². The number of aliphatic hydroxyl groups is 3. The van der Waals surface area contributed by atoms with Crippen molar-refractivity contribution in [3.05, 3.63) is 40.2 Å². The lowest BCUT2D eigenvalue weighted by Gasteiger charge is -2.50. The molecule has 4 rings (SSSR count). The van der Waals surface area contributed by atoms with Crippen molar-refractivity contribution in [2.75, 3.05) is 26.0 Å². The van der Waals surface area contributed by atoms with Crippen molar-refractivity contribution in [2.24, 2.45) is 17.7 Å². The molecule has 1 amide bonds. The first-order valence-electron chi connectivity index (χ1n) is 11.6. The van der Waals surface area contributed by atoms with E-state index < -0.39 is 68.4 Å². The van der Waals surface area contributed by atoms with Crippen molar-refractivity contribution in [1.29, 1.82) is 0 Å². The molecular weight excluding hydrogens is 540 g/mol. The molecule has 16 heteroatoms. The van der Waals surface area contributed by atoms with Crippen LogP contribution in [-0.2, 0) is 31.2 Å². The summed E-state index contributed by atoms with van der Waals surface area (Å²) in [6.45, 7) is 2.48. The zero-order valence-electron chi connectivity index (χ0n) is 21.2. The van der Waals surface area contributed by atoms with Crippen LogP contribution in [0.2, 0.25) is 0 Å². The predicted molar refractivity (Wildman–Crippen MR) is 136 cm³/mol. The fraction of sp³-hybridized carbons (Fsp3) is 0.435. The highest BCUT2D eigenvalue weighted by Gasteiger charge is 2.64. The Labute approximate surface area is 223 Å². The average Bonchev–Trinajstić information content (AvgIpc) is 2.81. The number of hydrogen-bond acceptors (Lipinski definition) is 12. The number of benzene rings is 1. The number of likely N-dealkylation sites (N-methyl/N-ethyl adjacent to an activating group) is 1. The van der Waals surface area contributed by atoms with Gasteiger partial charge in [-0.25, -0.2) is 5.84 Å². The molecule has 214 valence electrons. The first-order valence-corrected chi connectivity index (χ1v) is 13.0. The minimum absolute atomic E-state index is 0.0540. The number of aromatic hydroxyl groups is 1. The summed E-state index contributed by atoms with van der Waals surface area (Å²) < 4.78 is 31.6. The van der Waals surface area contributed by atoms with E-state index in [-0.39, 0.29) is 29.7 Å². The third kappa shape index (κ3) is 5.09. The SMILES string of the molecule is CCNc1ccc(O)c2c1CC1CC3[C@H](N(C)C)C(=O)C(C(=O)NN)=C(O)[C@@]3(O)C(=O)C1=C2O.O=S(=O)(O)O. The molecule has 39 heavy (non-hydrogen) atoms. The topological polar surface area (TPSA) is 260 Å². The Bertz CT molecular complexity index is 1390. The number of phenolic OH excluding ortho intramolecular Hbond substituents is 1. The molecule has 0 bridgehead atoms. The Balaban J connectivity index is 0.000000771. The zero-order valence-corrected chi connectivity index (χ0v) is 22.0. The lowest BCUT2D eigenvalue weighted by atomic mass is 9.57. The Kier molecular flexibility index (Phi) is 8.12. The van der Waals surface area contributed by atoms with Gasteiger partial charge in [0.25, 0.3) is 5.91 Å². The van der Waals surface area contributed by atoms with Crippen molar-refractivity contribution < 1.29 is 52.3 Å². The summed E-state index contributed by atoms with van der Waals surface area (Å²) in [6, 6.07) is 1.96. The normalized spacial score (nSPS) is 26.3. The number of fused-ring (bicyclic) bond motifs is 3. The summed E-state index contributed by atoms with van der Waals surface area (Å²) in [6.07, 6.45) is 0.303. The minimum Gasteiger partial charge on any atom is -0.508 e. The van der Waals surface area contributed by atoms with Crippen LogP contribution in [0.4, 0.5) is 5.69 Å². The highest BCUT2D eigenvalue weighted by Crippen LogP contribution is 2.53. The molecule has 3 aliphatic carbocycles. The fourth-order valence-electron chi connectivity index (χ4n) is 5.65. The number of hydrogen-bond donors (Lipinski definition) is 9. The van der Waals surface area contributed by atoms with E-state index in [0.717, 1.165) is 0 Å². The highest BCUT2D eigenvalue weighted by atomic mass is 32.3. The van der Waals surface area contributed by atoms with Gasteiger partial charge in [0.1, 0.15) is 22.8 Å². The molecule has 10 N–H and O–H groups in total. The number of Topliss-reactive ketones (excluding diaryl/α,β-unsaturated/α-hetero) is 2. The van der Waals surface area contributed by atoms with E-state index >= 15 is 0 Å². The number of ketones is 2. The van der Waals surface area contributed by atoms with Gasteiger partial charge >= 0.3 is 10.4 Å².